The molecule has 154 valence electrons. The summed E-state index contributed by atoms with van der Waals surface area (Å²) < 4.78 is 10.7. The van der Waals surface area contributed by atoms with E-state index in [2.05, 4.69) is 24.0 Å². The van der Waals surface area contributed by atoms with Gasteiger partial charge in [0.25, 0.3) is 0 Å². The number of esters is 1. The molecule has 0 saturated carbocycles. The van der Waals surface area contributed by atoms with Crippen molar-refractivity contribution in [3.05, 3.63) is 48.2 Å². The molecule has 1 saturated heterocycles. The van der Waals surface area contributed by atoms with Gasteiger partial charge in [-0.05, 0) is 24.8 Å². The molecular weight excluding hydrogens is 356 g/mol. The van der Waals surface area contributed by atoms with E-state index in [0.29, 0.717) is 12.1 Å². The summed E-state index contributed by atoms with van der Waals surface area (Å²) in [7, 11) is 3.04. The molecule has 1 N–H and O–H groups in total. The van der Waals surface area contributed by atoms with Crippen LogP contribution in [-0.4, -0.2) is 56.2 Å². The van der Waals surface area contributed by atoms with Crippen LogP contribution in [0.25, 0.3) is 0 Å². The van der Waals surface area contributed by atoms with Crippen molar-refractivity contribution < 1.29 is 19.1 Å². The summed E-state index contributed by atoms with van der Waals surface area (Å²) in [5.41, 5.74) is 1.77. The molecular formula is C22H32N2O4. The van der Waals surface area contributed by atoms with E-state index in [-0.39, 0.29) is 24.0 Å². The number of carbonyl (C=O) groups is 2. The fourth-order valence-corrected chi connectivity index (χ4v) is 3.89. The van der Waals surface area contributed by atoms with Crippen molar-refractivity contribution in [2.24, 2.45) is 5.92 Å². The predicted octanol–water partition coefficient (Wildman–Crippen LogP) is 2.74. The predicted molar refractivity (Wildman–Crippen MR) is 109 cm³/mol. The number of methoxy groups -OCH3 is 2. The molecule has 28 heavy (non-hydrogen) atoms. The summed E-state index contributed by atoms with van der Waals surface area (Å²) in [6.45, 7) is 6.92. The number of ether oxygens (including phenoxy) is 2. The fraction of sp³-hybridized carbons (Fsp3) is 0.545. The average molecular weight is 389 g/mol. The van der Waals surface area contributed by atoms with Gasteiger partial charge >= 0.3 is 5.97 Å². The summed E-state index contributed by atoms with van der Waals surface area (Å²) in [5.74, 6) is -0.410. The third-order valence-electron chi connectivity index (χ3n) is 5.53. The Labute approximate surface area is 167 Å². The second kappa shape index (κ2) is 10.9. The Morgan fingerprint density at radius 3 is 2.89 bits per heavy atom. The van der Waals surface area contributed by atoms with Crippen LogP contribution in [0.15, 0.2) is 48.2 Å². The van der Waals surface area contributed by atoms with E-state index >= 15 is 0 Å². The number of amides is 1. The lowest BCUT2D eigenvalue weighted by molar-refractivity contribution is -0.142. The first-order valence-corrected chi connectivity index (χ1v) is 9.81. The summed E-state index contributed by atoms with van der Waals surface area (Å²) in [6.07, 6.45) is 14.1. The Bertz CT molecular complexity index is 653. The normalized spacial score (nSPS) is 22.0. The smallest absolute Gasteiger partial charge is 0.328 e. The van der Waals surface area contributed by atoms with Crippen molar-refractivity contribution in [2.75, 3.05) is 20.8 Å². The molecule has 0 bridgehead atoms. The lowest BCUT2D eigenvalue weighted by Gasteiger charge is -2.34. The number of carbonyl (C=O) groups excluding carboxylic acids is 2. The van der Waals surface area contributed by atoms with Crippen LogP contribution in [0.5, 0.6) is 0 Å². The SMILES string of the molecule is C=C(NC(CC1=CCC=CC=C1)C(=O)OC)C(C)C(OC)C1CCCN1C=O. The number of rotatable bonds is 10. The highest BCUT2D eigenvalue weighted by molar-refractivity contribution is 5.76. The molecule has 0 radical (unpaired) electrons. The lowest BCUT2D eigenvalue weighted by Crippen LogP contribution is -2.46. The molecule has 1 aliphatic carbocycles. The largest absolute Gasteiger partial charge is 0.467 e. The average Bonchev–Trinajstić information content (AvgIpc) is 3.02. The first-order chi connectivity index (χ1) is 13.5. The number of hydrogen-bond donors (Lipinski definition) is 1. The lowest BCUT2D eigenvalue weighted by atomic mass is 9.92. The maximum absolute atomic E-state index is 12.3. The van der Waals surface area contributed by atoms with Gasteiger partial charge < -0.3 is 19.7 Å². The van der Waals surface area contributed by atoms with Crippen LogP contribution in [0.3, 0.4) is 0 Å². The molecule has 1 aliphatic heterocycles. The first-order valence-electron chi connectivity index (χ1n) is 9.81. The third-order valence-corrected chi connectivity index (χ3v) is 5.53. The van der Waals surface area contributed by atoms with Crippen molar-refractivity contribution in [3.63, 3.8) is 0 Å². The van der Waals surface area contributed by atoms with Crippen LogP contribution in [-0.2, 0) is 19.1 Å². The van der Waals surface area contributed by atoms with Crippen molar-refractivity contribution in [3.8, 4) is 0 Å². The monoisotopic (exact) mass is 388 g/mol. The number of likely N-dealkylation sites (tertiary alicyclic amines) is 1. The zero-order chi connectivity index (χ0) is 20.5. The van der Waals surface area contributed by atoms with E-state index in [4.69, 9.17) is 9.47 Å². The third kappa shape index (κ3) is 5.58. The van der Waals surface area contributed by atoms with Gasteiger partial charge in [-0.25, -0.2) is 4.79 Å². The van der Waals surface area contributed by atoms with Gasteiger partial charge in [0.05, 0.1) is 19.3 Å². The maximum atomic E-state index is 12.3. The quantitative estimate of drug-likeness (QED) is 0.460. The van der Waals surface area contributed by atoms with Gasteiger partial charge in [-0.1, -0.05) is 43.9 Å². The van der Waals surface area contributed by atoms with E-state index in [1.807, 2.05) is 25.2 Å². The molecule has 0 aromatic heterocycles. The summed E-state index contributed by atoms with van der Waals surface area (Å²) in [4.78, 5) is 25.5. The topological polar surface area (TPSA) is 67.9 Å². The number of nitrogens with one attached hydrogen (secondary N) is 1. The molecule has 1 fully saturated rings. The van der Waals surface area contributed by atoms with Gasteiger partial charge in [0.1, 0.15) is 6.04 Å². The Morgan fingerprint density at radius 2 is 2.21 bits per heavy atom. The molecule has 2 aliphatic rings. The van der Waals surface area contributed by atoms with E-state index in [1.165, 1.54) is 7.11 Å². The van der Waals surface area contributed by atoms with Gasteiger partial charge in [0, 0.05) is 31.7 Å². The van der Waals surface area contributed by atoms with Crippen molar-refractivity contribution in [1.82, 2.24) is 10.2 Å². The van der Waals surface area contributed by atoms with Crippen LogP contribution in [0.4, 0.5) is 0 Å². The summed E-state index contributed by atoms with van der Waals surface area (Å²) >= 11 is 0. The van der Waals surface area contributed by atoms with E-state index < -0.39 is 6.04 Å². The van der Waals surface area contributed by atoms with E-state index in [9.17, 15) is 9.59 Å². The minimum Gasteiger partial charge on any atom is -0.467 e. The minimum atomic E-state index is -0.530. The van der Waals surface area contributed by atoms with Gasteiger partial charge in [0.15, 0.2) is 0 Å². The summed E-state index contributed by atoms with van der Waals surface area (Å²) in [6, 6.07) is -0.511. The molecule has 6 nitrogen and oxygen atoms in total. The molecule has 1 heterocycles. The fourth-order valence-electron chi connectivity index (χ4n) is 3.89. The van der Waals surface area contributed by atoms with Crippen LogP contribution in [0, 0.1) is 5.92 Å². The van der Waals surface area contributed by atoms with Crippen LogP contribution >= 0.6 is 0 Å². The number of nitrogens with zero attached hydrogens (tertiary/aromatic N) is 1. The standard InChI is InChI=1S/C22H32N2O4/c1-16(21(27-3)20-12-9-13-24(20)15-25)17(2)23-19(22(26)28-4)14-18-10-7-5-6-8-11-18/h5-7,10-11,15-16,19-21,23H,2,8-9,12-14H2,1,3-4H3. The Balaban J connectivity index is 2.07. The van der Waals surface area contributed by atoms with E-state index in [0.717, 1.165) is 37.8 Å². The van der Waals surface area contributed by atoms with E-state index in [1.54, 1.807) is 12.0 Å². The van der Waals surface area contributed by atoms with Crippen LogP contribution in [0.1, 0.15) is 32.6 Å². The molecule has 0 aromatic rings. The highest BCUT2D eigenvalue weighted by Crippen LogP contribution is 2.27. The Morgan fingerprint density at radius 1 is 1.43 bits per heavy atom. The van der Waals surface area contributed by atoms with Crippen molar-refractivity contribution >= 4 is 12.4 Å². The Hall–Kier alpha value is -2.34. The molecule has 6 heteroatoms. The minimum absolute atomic E-state index is 0.0196. The van der Waals surface area contributed by atoms with Gasteiger partial charge in [-0.3, -0.25) is 4.79 Å². The van der Waals surface area contributed by atoms with Gasteiger partial charge in [-0.15, -0.1) is 0 Å². The van der Waals surface area contributed by atoms with Gasteiger partial charge in [0.2, 0.25) is 6.41 Å². The molecule has 4 unspecified atom stereocenters. The summed E-state index contributed by atoms with van der Waals surface area (Å²) in [5, 5.41) is 3.26. The highest BCUT2D eigenvalue weighted by atomic mass is 16.5. The number of allylic oxidation sites excluding steroid dienone is 5. The first kappa shape index (κ1) is 22.0. The van der Waals surface area contributed by atoms with Crippen LogP contribution < -0.4 is 5.32 Å². The van der Waals surface area contributed by atoms with Crippen molar-refractivity contribution in [2.45, 2.75) is 50.8 Å². The molecule has 0 aromatic carbocycles. The molecule has 1 amide bonds. The van der Waals surface area contributed by atoms with Crippen molar-refractivity contribution in [1.29, 1.82) is 0 Å². The zero-order valence-corrected chi connectivity index (χ0v) is 17.1. The van der Waals surface area contributed by atoms with Crippen LogP contribution in [0.2, 0.25) is 0 Å². The second-order valence-electron chi connectivity index (χ2n) is 7.29. The highest BCUT2D eigenvalue weighted by Gasteiger charge is 2.36. The molecule has 4 atom stereocenters. The molecule has 0 spiro atoms. The molecule has 2 rings (SSSR count). The maximum Gasteiger partial charge on any atom is 0.328 e. The second-order valence-corrected chi connectivity index (χ2v) is 7.29. The number of hydrogen-bond acceptors (Lipinski definition) is 5. The zero-order valence-electron chi connectivity index (χ0n) is 17.1. The van der Waals surface area contributed by atoms with Gasteiger partial charge in [-0.2, -0.15) is 0 Å². The Kier molecular flexibility index (Phi) is 8.51.